The molecule has 2 aromatic rings. The third-order valence-electron chi connectivity index (χ3n) is 3.85. The maximum atomic E-state index is 12.3. The second kappa shape index (κ2) is 6.00. The highest BCUT2D eigenvalue weighted by Gasteiger charge is 2.30. The number of hydrogen-bond donors (Lipinski definition) is 1. The summed E-state index contributed by atoms with van der Waals surface area (Å²) in [7, 11) is -3.33. The van der Waals surface area contributed by atoms with Gasteiger partial charge in [0, 0.05) is 24.5 Å². The highest BCUT2D eigenvalue weighted by molar-refractivity contribution is 7.92. The molecule has 23 heavy (non-hydrogen) atoms. The molecule has 1 atom stereocenters. The largest absolute Gasteiger partial charge is 0.345 e. The van der Waals surface area contributed by atoms with Crippen LogP contribution in [0.1, 0.15) is 28.4 Å². The predicted molar refractivity (Wildman–Crippen MR) is 87.7 cm³/mol. The van der Waals surface area contributed by atoms with E-state index in [9.17, 15) is 13.2 Å². The van der Waals surface area contributed by atoms with Crippen molar-refractivity contribution in [3.63, 3.8) is 0 Å². The Morgan fingerprint density at radius 1 is 1.22 bits per heavy atom. The lowest BCUT2D eigenvalue weighted by molar-refractivity contribution is 0.0934. The van der Waals surface area contributed by atoms with Gasteiger partial charge in [0.05, 0.1) is 18.0 Å². The fourth-order valence-electron chi connectivity index (χ4n) is 2.77. The predicted octanol–water partition coefficient (Wildman–Crippen LogP) is 1.72. The monoisotopic (exact) mass is 331 g/mol. The Morgan fingerprint density at radius 2 is 1.91 bits per heavy atom. The molecule has 6 nitrogen and oxygen atoms in total. The van der Waals surface area contributed by atoms with Crippen molar-refractivity contribution in [1.82, 2.24) is 10.3 Å². The van der Waals surface area contributed by atoms with Gasteiger partial charge in [-0.15, -0.1) is 0 Å². The lowest BCUT2D eigenvalue weighted by Gasteiger charge is -2.34. The van der Waals surface area contributed by atoms with Gasteiger partial charge < -0.3 is 5.32 Å². The summed E-state index contributed by atoms with van der Waals surface area (Å²) in [5, 5.41) is 2.98. The van der Waals surface area contributed by atoms with Crippen LogP contribution in [0.3, 0.4) is 0 Å². The van der Waals surface area contributed by atoms with Crippen molar-refractivity contribution < 1.29 is 13.2 Å². The van der Waals surface area contributed by atoms with Crippen LogP contribution in [0.15, 0.2) is 48.8 Å². The van der Waals surface area contributed by atoms with Crippen LogP contribution in [0.2, 0.25) is 0 Å². The maximum Gasteiger partial charge on any atom is 0.251 e. The van der Waals surface area contributed by atoms with Crippen LogP contribution < -0.4 is 9.62 Å². The van der Waals surface area contributed by atoms with E-state index in [0.29, 0.717) is 24.2 Å². The molecule has 1 N–H and O–H groups in total. The summed E-state index contributed by atoms with van der Waals surface area (Å²) in [6.07, 6.45) is 4.85. The molecule has 1 aliphatic rings. The number of carbonyl (C=O) groups is 1. The topological polar surface area (TPSA) is 79.4 Å². The molecule has 120 valence electrons. The molecule has 0 saturated carbocycles. The van der Waals surface area contributed by atoms with E-state index in [1.807, 2.05) is 12.1 Å². The summed E-state index contributed by atoms with van der Waals surface area (Å²) in [5.41, 5.74) is 1.97. The van der Waals surface area contributed by atoms with Crippen LogP contribution in [0.4, 0.5) is 5.69 Å². The molecule has 1 amide bonds. The van der Waals surface area contributed by atoms with Crippen LogP contribution >= 0.6 is 0 Å². The molecule has 0 radical (unpaired) electrons. The van der Waals surface area contributed by atoms with Gasteiger partial charge in [-0.1, -0.05) is 18.2 Å². The zero-order chi connectivity index (χ0) is 16.4. The number of benzene rings is 1. The number of hydrogen-bond acceptors (Lipinski definition) is 4. The summed E-state index contributed by atoms with van der Waals surface area (Å²) < 4.78 is 25.2. The van der Waals surface area contributed by atoms with Crippen LogP contribution in [0.5, 0.6) is 0 Å². The standard InChI is InChI=1S/C16H17N3O3S/c1-23(21,22)19-11-8-14(13-4-2-3-5-15(13)19)18-16(20)12-6-9-17-10-7-12/h2-7,9-10,14H,8,11H2,1H3,(H,18,20). The third-order valence-corrected chi connectivity index (χ3v) is 5.03. The van der Waals surface area contributed by atoms with Crippen molar-refractivity contribution >= 4 is 21.6 Å². The molecule has 0 fully saturated rings. The van der Waals surface area contributed by atoms with Crippen molar-refractivity contribution in [3.05, 3.63) is 59.9 Å². The minimum Gasteiger partial charge on any atom is -0.345 e. The van der Waals surface area contributed by atoms with E-state index in [2.05, 4.69) is 10.3 Å². The number of anilines is 1. The summed E-state index contributed by atoms with van der Waals surface area (Å²) in [5.74, 6) is -0.194. The Hall–Kier alpha value is -2.41. The number of sulfonamides is 1. The van der Waals surface area contributed by atoms with Crippen molar-refractivity contribution in [3.8, 4) is 0 Å². The number of nitrogens with zero attached hydrogens (tertiary/aromatic N) is 2. The van der Waals surface area contributed by atoms with E-state index in [-0.39, 0.29) is 11.9 Å². The number of aromatic nitrogens is 1. The van der Waals surface area contributed by atoms with Gasteiger partial charge in [-0.2, -0.15) is 0 Å². The molecule has 0 spiro atoms. The first-order valence-electron chi connectivity index (χ1n) is 7.24. The van der Waals surface area contributed by atoms with Gasteiger partial charge in [-0.25, -0.2) is 8.42 Å². The molecule has 2 heterocycles. The molecule has 0 bridgehead atoms. The van der Waals surface area contributed by atoms with Gasteiger partial charge in [-0.3, -0.25) is 14.1 Å². The fraction of sp³-hybridized carbons (Fsp3) is 0.250. The van der Waals surface area contributed by atoms with E-state index in [1.165, 1.54) is 10.6 Å². The SMILES string of the molecule is CS(=O)(=O)N1CCC(NC(=O)c2ccncc2)c2ccccc21. The smallest absolute Gasteiger partial charge is 0.251 e. The normalized spacial score (nSPS) is 17.4. The Balaban J connectivity index is 1.89. The first-order chi connectivity index (χ1) is 11.0. The molecule has 1 aromatic carbocycles. The Labute approximate surface area is 135 Å². The summed E-state index contributed by atoms with van der Waals surface area (Å²) in [6.45, 7) is 0.344. The molecule has 1 aliphatic heterocycles. The molecular weight excluding hydrogens is 314 g/mol. The second-order valence-electron chi connectivity index (χ2n) is 5.44. The van der Waals surface area contributed by atoms with Crippen LogP contribution in [0.25, 0.3) is 0 Å². The first kappa shape index (κ1) is 15.5. The Kier molecular flexibility index (Phi) is 4.04. The lowest BCUT2D eigenvalue weighted by Crippen LogP contribution is -2.40. The number of para-hydroxylation sites is 1. The van der Waals surface area contributed by atoms with Crippen molar-refractivity contribution in [1.29, 1.82) is 0 Å². The molecular formula is C16H17N3O3S. The number of rotatable bonds is 3. The van der Waals surface area contributed by atoms with Crippen molar-refractivity contribution in [2.75, 3.05) is 17.1 Å². The van der Waals surface area contributed by atoms with Gasteiger partial charge >= 0.3 is 0 Å². The summed E-state index contributed by atoms with van der Waals surface area (Å²) in [4.78, 5) is 16.2. The maximum absolute atomic E-state index is 12.3. The van der Waals surface area contributed by atoms with Crippen molar-refractivity contribution in [2.24, 2.45) is 0 Å². The van der Waals surface area contributed by atoms with Crippen LogP contribution in [-0.4, -0.2) is 32.1 Å². The minimum atomic E-state index is -3.33. The van der Waals surface area contributed by atoms with E-state index in [1.54, 1.807) is 36.7 Å². The first-order valence-corrected chi connectivity index (χ1v) is 9.09. The number of pyridine rings is 1. The van der Waals surface area contributed by atoms with E-state index < -0.39 is 10.0 Å². The zero-order valence-corrected chi connectivity index (χ0v) is 13.5. The van der Waals surface area contributed by atoms with Gasteiger partial charge in [0.1, 0.15) is 0 Å². The van der Waals surface area contributed by atoms with Gasteiger partial charge in [0.2, 0.25) is 10.0 Å². The number of fused-ring (bicyclic) bond motifs is 1. The molecule has 7 heteroatoms. The highest BCUT2D eigenvalue weighted by atomic mass is 32.2. The highest BCUT2D eigenvalue weighted by Crippen LogP contribution is 2.35. The number of amides is 1. The summed E-state index contributed by atoms with van der Waals surface area (Å²) >= 11 is 0. The van der Waals surface area contributed by atoms with Crippen LogP contribution in [-0.2, 0) is 10.0 Å². The van der Waals surface area contributed by atoms with Crippen LogP contribution in [0, 0.1) is 0 Å². The van der Waals surface area contributed by atoms with Gasteiger partial charge in [0.25, 0.3) is 5.91 Å². The molecule has 1 unspecified atom stereocenters. The minimum absolute atomic E-state index is 0.194. The van der Waals surface area contributed by atoms with Gasteiger partial charge in [0.15, 0.2) is 0 Å². The molecule has 1 aromatic heterocycles. The third kappa shape index (κ3) is 3.19. The van der Waals surface area contributed by atoms with E-state index >= 15 is 0 Å². The van der Waals surface area contributed by atoms with E-state index in [4.69, 9.17) is 0 Å². The molecule has 0 saturated heterocycles. The quantitative estimate of drug-likeness (QED) is 0.929. The van der Waals surface area contributed by atoms with E-state index in [0.717, 1.165) is 5.56 Å². The summed E-state index contributed by atoms with van der Waals surface area (Å²) in [6, 6.07) is 10.3. The molecule has 3 rings (SSSR count). The van der Waals surface area contributed by atoms with Crippen molar-refractivity contribution in [2.45, 2.75) is 12.5 Å². The average Bonchev–Trinajstić information content (AvgIpc) is 2.55. The fourth-order valence-corrected chi connectivity index (χ4v) is 3.73. The Morgan fingerprint density at radius 3 is 2.61 bits per heavy atom. The Bertz CT molecular complexity index is 821. The average molecular weight is 331 g/mol. The zero-order valence-electron chi connectivity index (χ0n) is 12.6. The molecule has 0 aliphatic carbocycles. The van der Waals surface area contributed by atoms with Gasteiger partial charge in [-0.05, 0) is 30.2 Å². The lowest BCUT2D eigenvalue weighted by atomic mass is 9.97. The number of carbonyl (C=O) groups excluding carboxylic acids is 1. The number of nitrogens with one attached hydrogen (secondary N) is 1. The second-order valence-corrected chi connectivity index (χ2v) is 7.35.